The van der Waals surface area contributed by atoms with Gasteiger partial charge in [-0.1, -0.05) is 17.8 Å². The first kappa shape index (κ1) is 15.2. The molecule has 0 aliphatic heterocycles. The first-order chi connectivity index (χ1) is 9.97. The predicted octanol–water partition coefficient (Wildman–Crippen LogP) is -0.151. The molecule has 2 aromatic rings. The second-order valence-electron chi connectivity index (χ2n) is 4.02. The Balaban J connectivity index is 2.72. The summed E-state index contributed by atoms with van der Waals surface area (Å²) in [5, 5.41) is 27.6. The minimum atomic E-state index is -2.00. The number of rotatable bonds is 3. The summed E-state index contributed by atoms with van der Waals surface area (Å²) in [7, 11) is -2.00. The molecule has 3 N–H and O–H groups in total. The molecule has 0 saturated heterocycles. The lowest BCUT2D eigenvalue weighted by atomic mass is 9.78. The van der Waals surface area contributed by atoms with Crippen LogP contribution >= 0.6 is 11.8 Å². The third kappa shape index (κ3) is 2.97. The molecule has 0 amide bonds. The van der Waals surface area contributed by atoms with E-state index in [9.17, 15) is 9.18 Å². The molecule has 1 heterocycles. The molecule has 2 rings (SSSR count). The number of hydrogen-bond donors (Lipinski definition) is 3. The van der Waals surface area contributed by atoms with Crippen molar-refractivity contribution in [2.75, 3.05) is 6.26 Å². The standard InChI is InChI=1S/C12H9BFN3O3S/c1-21-12-16-10(7(5-15)11(18)17-12)6-2-3-9(14)8(4-6)13(19)20/h2-4,19-20H,1H3,(H,16,17,18). The Hall–Kier alpha value is -2.15. The molecule has 1 aromatic carbocycles. The normalized spacial score (nSPS) is 10.2. The summed E-state index contributed by atoms with van der Waals surface area (Å²) in [6.07, 6.45) is 1.70. The number of nitriles is 1. The topological polar surface area (TPSA) is 110 Å². The van der Waals surface area contributed by atoms with E-state index in [1.807, 2.05) is 0 Å². The lowest BCUT2D eigenvalue weighted by Crippen LogP contribution is -2.32. The van der Waals surface area contributed by atoms with Crippen LogP contribution in [0.25, 0.3) is 11.3 Å². The number of H-pyrrole nitrogens is 1. The molecular formula is C12H9BFN3O3S. The van der Waals surface area contributed by atoms with Gasteiger partial charge in [0.15, 0.2) is 5.16 Å². The van der Waals surface area contributed by atoms with Gasteiger partial charge in [-0.05, 0) is 18.4 Å². The fourth-order valence-electron chi connectivity index (χ4n) is 1.75. The van der Waals surface area contributed by atoms with E-state index in [1.165, 1.54) is 17.8 Å². The van der Waals surface area contributed by atoms with Crippen LogP contribution in [-0.4, -0.2) is 33.4 Å². The summed E-state index contributed by atoms with van der Waals surface area (Å²) in [6, 6.07) is 5.22. The minimum absolute atomic E-state index is 0.0625. The number of hydrogen-bond acceptors (Lipinski definition) is 6. The highest BCUT2D eigenvalue weighted by atomic mass is 32.2. The summed E-state index contributed by atoms with van der Waals surface area (Å²) >= 11 is 1.18. The second kappa shape index (κ2) is 6.09. The molecule has 0 aliphatic rings. The highest BCUT2D eigenvalue weighted by Crippen LogP contribution is 2.20. The zero-order valence-corrected chi connectivity index (χ0v) is 11.6. The molecule has 0 radical (unpaired) electrons. The summed E-state index contributed by atoms with van der Waals surface area (Å²) in [5.74, 6) is -0.804. The minimum Gasteiger partial charge on any atom is -0.423 e. The molecule has 0 atom stereocenters. The van der Waals surface area contributed by atoms with E-state index in [0.29, 0.717) is 5.16 Å². The summed E-state index contributed by atoms with van der Waals surface area (Å²) in [4.78, 5) is 18.4. The van der Waals surface area contributed by atoms with Crippen LogP contribution in [0.3, 0.4) is 0 Å². The lowest BCUT2D eigenvalue weighted by Gasteiger charge is -2.08. The first-order valence-corrected chi connectivity index (χ1v) is 6.94. The average molecular weight is 305 g/mol. The van der Waals surface area contributed by atoms with Crippen LogP contribution < -0.4 is 11.0 Å². The first-order valence-electron chi connectivity index (χ1n) is 5.72. The molecule has 0 saturated carbocycles. The third-order valence-electron chi connectivity index (χ3n) is 2.75. The molecule has 0 fully saturated rings. The van der Waals surface area contributed by atoms with Gasteiger partial charge in [-0.3, -0.25) is 4.79 Å². The van der Waals surface area contributed by atoms with Crippen LogP contribution in [0.15, 0.2) is 28.2 Å². The van der Waals surface area contributed by atoms with Gasteiger partial charge in [0.25, 0.3) is 5.56 Å². The van der Waals surface area contributed by atoms with Crippen molar-refractivity contribution < 1.29 is 14.4 Å². The maximum atomic E-state index is 13.5. The van der Waals surface area contributed by atoms with Crippen molar-refractivity contribution in [1.82, 2.24) is 9.97 Å². The van der Waals surface area contributed by atoms with Crippen LogP contribution in [0, 0.1) is 17.1 Å². The Bertz CT molecular complexity index is 788. The number of aromatic amines is 1. The van der Waals surface area contributed by atoms with E-state index in [-0.39, 0.29) is 22.3 Å². The number of halogens is 1. The average Bonchev–Trinajstić information content (AvgIpc) is 2.46. The zero-order chi connectivity index (χ0) is 15.6. The van der Waals surface area contributed by atoms with Crippen molar-refractivity contribution in [3.63, 3.8) is 0 Å². The number of aromatic nitrogens is 2. The molecule has 1 aromatic heterocycles. The maximum Gasteiger partial charge on any atom is 0.491 e. The van der Waals surface area contributed by atoms with Crippen LogP contribution in [0.2, 0.25) is 0 Å². The predicted molar refractivity (Wildman–Crippen MR) is 76.6 cm³/mol. The van der Waals surface area contributed by atoms with Gasteiger partial charge in [0.2, 0.25) is 0 Å². The SMILES string of the molecule is CSc1nc(-c2ccc(F)c(B(O)O)c2)c(C#N)c(=O)[nH]1. The fraction of sp³-hybridized carbons (Fsp3) is 0.0833. The number of nitrogens with one attached hydrogen (secondary N) is 1. The molecule has 106 valence electrons. The molecule has 0 unspecified atom stereocenters. The highest BCUT2D eigenvalue weighted by molar-refractivity contribution is 7.98. The Morgan fingerprint density at radius 2 is 2.19 bits per heavy atom. The summed E-state index contributed by atoms with van der Waals surface area (Å²) < 4.78 is 13.5. The Kier molecular flexibility index (Phi) is 4.42. The fourth-order valence-corrected chi connectivity index (χ4v) is 2.13. The van der Waals surface area contributed by atoms with Crippen LogP contribution in [0.1, 0.15) is 5.56 Å². The molecule has 6 nitrogen and oxygen atoms in total. The van der Waals surface area contributed by atoms with Crippen molar-refractivity contribution >= 4 is 24.3 Å². The van der Waals surface area contributed by atoms with Crippen molar-refractivity contribution in [2.45, 2.75) is 5.16 Å². The number of thioether (sulfide) groups is 1. The van der Waals surface area contributed by atoms with Gasteiger partial charge in [-0.25, -0.2) is 9.37 Å². The van der Waals surface area contributed by atoms with E-state index in [0.717, 1.165) is 12.1 Å². The maximum absolute atomic E-state index is 13.5. The van der Waals surface area contributed by atoms with Crippen molar-refractivity contribution in [3.8, 4) is 17.3 Å². The van der Waals surface area contributed by atoms with Crippen LogP contribution in [0.4, 0.5) is 4.39 Å². The molecule has 9 heteroatoms. The van der Waals surface area contributed by atoms with Crippen molar-refractivity contribution in [1.29, 1.82) is 5.26 Å². The lowest BCUT2D eigenvalue weighted by molar-refractivity contribution is 0.423. The monoisotopic (exact) mass is 305 g/mol. The molecule has 0 aliphatic carbocycles. The largest absolute Gasteiger partial charge is 0.491 e. The molecular weight excluding hydrogens is 296 g/mol. The second-order valence-corrected chi connectivity index (χ2v) is 4.82. The number of nitrogens with zero attached hydrogens (tertiary/aromatic N) is 2. The van der Waals surface area contributed by atoms with Crippen LogP contribution in [0.5, 0.6) is 0 Å². The van der Waals surface area contributed by atoms with Gasteiger partial charge in [0.05, 0.1) is 5.69 Å². The number of benzene rings is 1. The summed E-state index contributed by atoms with van der Waals surface area (Å²) in [6.45, 7) is 0. The summed E-state index contributed by atoms with van der Waals surface area (Å²) in [5.41, 5.74) is -0.880. The van der Waals surface area contributed by atoms with E-state index >= 15 is 0 Å². The zero-order valence-electron chi connectivity index (χ0n) is 10.8. The van der Waals surface area contributed by atoms with Gasteiger partial charge in [0, 0.05) is 11.0 Å². The van der Waals surface area contributed by atoms with Gasteiger partial charge in [-0.2, -0.15) is 5.26 Å². The smallest absolute Gasteiger partial charge is 0.423 e. The molecule has 0 spiro atoms. The van der Waals surface area contributed by atoms with Gasteiger partial charge >= 0.3 is 7.12 Å². The van der Waals surface area contributed by atoms with Crippen LogP contribution in [-0.2, 0) is 0 Å². The Morgan fingerprint density at radius 1 is 1.48 bits per heavy atom. The highest BCUT2D eigenvalue weighted by Gasteiger charge is 2.20. The van der Waals surface area contributed by atoms with Gasteiger partial charge in [-0.15, -0.1) is 0 Å². The third-order valence-corrected chi connectivity index (χ3v) is 3.33. The van der Waals surface area contributed by atoms with E-state index in [4.69, 9.17) is 15.3 Å². The van der Waals surface area contributed by atoms with Crippen molar-refractivity contribution in [3.05, 3.63) is 39.9 Å². The van der Waals surface area contributed by atoms with Gasteiger partial charge in [0.1, 0.15) is 17.4 Å². The van der Waals surface area contributed by atoms with E-state index in [2.05, 4.69) is 9.97 Å². The Morgan fingerprint density at radius 3 is 2.76 bits per heavy atom. The quantitative estimate of drug-likeness (QED) is 0.413. The van der Waals surface area contributed by atoms with E-state index < -0.39 is 18.5 Å². The van der Waals surface area contributed by atoms with E-state index in [1.54, 1.807) is 12.3 Å². The Labute approximate surface area is 123 Å². The molecule has 21 heavy (non-hydrogen) atoms. The van der Waals surface area contributed by atoms with Crippen molar-refractivity contribution in [2.24, 2.45) is 0 Å². The van der Waals surface area contributed by atoms with Gasteiger partial charge < -0.3 is 15.0 Å². The molecule has 0 bridgehead atoms.